The summed E-state index contributed by atoms with van der Waals surface area (Å²) >= 11 is 3.72. The van der Waals surface area contributed by atoms with Crippen molar-refractivity contribution in [3.8, 4) is 0 Å². The maximum absolute atomic E-state index is 5.78. The van der Waals surface area contributed by atoms with Crippen LogP contribution in [0.1, 0.15) is 32.3 Å². The molecule has 20 heavy (non-hydrogen) atoms. The Bertz CT molecular complexity index is 423. The Balaban J connectivity index is 2.04. The molecule has 1 heterocycles. The average Bonchev–Trinajstić information content (AvgIpc) is 2.46. The first-order valence-electron chi connectivity index (χ1n) is 7.60. The van der Waals surface area contributed by atoms with Crippen LogP contribution in [0.3, 0.4) is 0 Å². The topological polar surface area (TPSA) is 24.5 Å². The Morgan fingerprint density at radius 2 is 2.25 bits per heavy atom. The molecule has 1 saturated heterocycles. The van der Waals surface area contributed by atoms with Crippen LogP contribution in [0, 0.1) is 0 Å². The first kappa shape index (κ1) is 15.8. The normalized spacial score (nSPS) is 19.4. The molecular formula is C16H25BrN2O. The van der Waals surface area contributed by atoms with Gasteiger partial charge in [-0.3, -0.25) is 0 Å². The molecule has 1 aliphatic rings. The molecule has 1 N–H and O–H groups in total. The predicted octanol–water partition coefficient (Wildman–Crippen LogP) is 3.56. The predicted molar refractivity (Wildman–Crippen MR) is 88.4 cm³/mol. The first-order valence-corrected chi connectivity index (χ1v) is 8.39. The van der Waals surface area contributed by atoms with Gasteiger partial charge in [0.05, 0.1) is 11.8 Å². The van der Waals surface area contributed by atoms with Crippen molar-refractivity contribution >= 4 is 21.6 Å². The number of rotatable bonds is 6. The van der Waals surface area contributed by atoms with Crippen molar-refractivity contribution in [2.75, 3.05) is 31.1 Å². The van der Waals surface area contributed by atoms with Gasteiger partial charge in [-0.05, 0) is 59.9 Å². The van der Waals surface area contributed by atoms with Gasteiger partial charge in [0.2, 0.25) is 0 Å². The third kappa shape index (κ3) is 4.21. The molecule has 0 amide bonds. The van der Waals surface area contributed by atoms with Crippen LogP contribution >= 0.6 is 15.9 Å². The zero-order valence-electron chi connectivity index (χ0n) is 12.5. The van der Waals surface area contributed by atoms with E-state index in [1.807, 2.05) is 0 Å². The van der Waals surface area contributed by atoms with Crippen molar-refractivity contribution in [2.45, 2.75) is 39.3 Å². The molecule has 0 bridgehead atoms. The molecule has 3 nitrogen and oxygen atoms in total. The maximum atomic E-state index is 5.78. The van der Waals surface area contributed by atoms with Gasteiger partial charge in [0.15, 0.2) is 0 Å². The molecule has 1 atom stereocenters. The molecule has 1 aromatic rings. The molecule has 0 aromatic heterocycles. The van der Waals surface area contributed by atoms with Gasteiger partial charge in [-0.15, -0.1) is 0 Å². The van der Waals surface area contributed by atoms with Crippen molar-refractivity contribution in [3.63, 3.8) is 0 Å². The lowest BCUT2D eigenvalue weighted by Gasteiger charge is -2.34. The third-order valence-electron chi connectivity index (χ3n) is 3.71. The summed E-state index contributed by atoms with van der Waals surface area (Å²) in [4.78, 5) is 2.44. The molecule has 0 saturated carbocycles. The van der Waals surface area contributed by atoms with Crippen LogP contribution < -0.4 is 10.2 Å². The van der Waals surface area contributed by atoms with E-state index >= 15 is 0 Å². The van der Waals surface area contributed by atoms with Gasteiger partial charge in [0, 0.05) is 30.7 Å². The molecule has 1 fully saturated rings. The van der Waals surface area contributed by atoms with Gasteiger partial charge in [-0.2, -0.15) is 0 Å². The van der Waals surface area contributed by atoms with E-state index in [-0.39, 0.29) is 0 Å². The number of halogens is 1. The lowest BCUT2D eigenvalue weighted by atomic mass is 10.1. The molecule has 4 heteroatoms. The van der Waals surface area contributed by atoms with Crippen LogP contribution in [0.25, 0.3) is 0 Å². The van der Waals surface area contributed by atoms with Gasteiger partial charge < -0.3 is 15.0 Å². The van der Waals surface area contributed by atoms with Crippen LogP contribution in [0.4, 0.5) is 5.69 Å². The van der Waals surface area contributed by atoms with Crippen LogP contribution in [0.5, 0.6) is 0 Å². The molecule has 1 aromatic carbocycles. The summed E-state index contributed by atoms with van der Waals surface area (Å²) in [5.74, 6) is 0. The quantitative estimate of drug-likeness (QED) is 0.856. The number of hydrogen-bond acceptors (Lipinski definition) is 3. The molecular weight excluding hydrogens is 316 g/mol. The molecule has 2 rings (SSSR count). The van der Waals surface area contributed by atoms with Crippen molar-refractivity contribution in [2.24, 2.45) is 0 Å². The highest BCUT2D eigenvalue weighted by atomic mass is 79.9. The zero-order chi connectivity index (χ0) is 14.4. The van der Waals surface area contributed by atoms with E-state index in [2.05, 4.69) is 58.2 Å². The smallest absolute Gasteiger partial charge is 0.0750 e. The van der Waals surface area contributed by atoms with Gasteiger partial charge in [0.1, 0.15) is 0 Å². The molecule has 0 aliphatic carbocycles. The fourth-order valence-electron chi connectivity index (χ4n) is 2.71. The van der Waals surface area contributed by atoms with E-state index in [4.69, 9.17) is 4.74 Å². The highest BCUT2D eigenvalue weighted by Crippen LogP contribution is 2.30. The van der Waals surface area contributed by atoms with E-state index in [9.17, 15) is 0 Å². The minimum absolute atomic E-state index is 0.377. The van der Waals surface area contributed by atoms with E-state index in [0.29, 0.717) is 6.10 Å². The average molecular weight is 341 g/mol. The number of nitrogens with zero attached hydrogens (tertiary/aromatic N) is 1. The summed E-state index contributed by atoms with van der Waals surface area (Å²) < 4.78 is 6.97. The fourth-order valence-corrected chi connectivity index (χ4v) is 3.39. The maximum Gasteiger partial charge on any atom is 0.0750 e. The number of piperidine rings is 1. The number of ether oxygens (including phenoxy) is 1. The minimum atomic E-state index is 0.377. The van der Waals surface area contributed by atoms with E-state index in [1.165, 1.54) is 28.6 Å². The lowest BCUT2D eigenvalue weighted by Crippen LogP contribution is -2.39. The summed E-state index contributed by atoms with van der Waals surface area (Å²) in [5, 5.41) is 3.36. The second kappa shape index (κ2) is 8.01. The molecule has 112 valence electrons. The van der Waals surface area contributed by atoms with E-state index < -0.39 is 0 Å². The molecule has 0 radical (unpaired) electrons. The third-order valence-corrected chi connectivity index (χ3v) is 4.35. The Morgan fingerprint density at radius 3 is 2.95 bits per heavy atom. The van der Waals surface area contributed by atoms with E-state index in [0.717, 1.165) is 32.8 Å². The highest BCUT2D eigenvalue weighted by molar-refractivity contribution is 9.10. The van der Waals surface area contributed by atoms with E-state index in [1.54, 1.807) is 0 Å². The van der Waals surface area contributed by atoms with Crippen molar-refractivity contribution in [3.05, 3.63) is 28.2 Å². The second-order valence-corrected chi connectivity index (χ2v) is 6.09. The SMILES string of the molecule is CCNCc1ccc(N2CCCC(OCC)C2)c(Br)c1. The number of hydrogen-bond donors (Lipinski definition) is 1. The summed E-state index contributed by atoms with van der Waals surface area (Å²) in [7, 11) is 0. The lowest BCUT2D eigenvalue weighted by molar-refractivity contribution is 0.0526. The Labute approximate surface area is 130 Å². The van der Waals surface area contributed by atoms with Gasteiger partial charge in [-0.1, -0.05) is 13.0 Å². The highest BCUT2D eigenvalue weighted by Gasteiger charge is 2.21. The van der Waals surface area contributed by atoms with Crippen molar-refractivity contribution in [1.29, 1.82) is 0 Å². The van der Waals surface area contributed by atoms with Gasteiger partial charge in [0.25, 0.3) is 0 Å². The van der Waals surface area contributed by atoms with Gasteiger partial charge >= 0.3 is 0 Å². The summed E-state index contributed by atoms with van der Waals surface area (Å²) in [6, 6.07) is 6.67. The summed E-state index contributed by atoms with van der Waals surface area (Å²) in [6.45, 7) is 9.06. The van der Waals surface area contributed by atoms with Crippen LogP contribution in [0.15, 0.2) is 22.7 Å². The van der Waals surface area contributed by atoms with Crippen LogP contribution in [0.2, 0.25) is 0 Å². The van der Waals surface area contributed by atoms with Crippen molar-refractivity contribution in [1.82, 2.24) is 5.32 Å². The number of benzene rings is 1. The Morgan fingerprint density at radius 1 is 1.40 bits per heavy atom. The number of nitrogens with one attached hydrogen (secondary N) is 1. The van der Waals surface area contributed by atoms with Crippen LogP contribution in [-0.4, -0.2) is 32.3 Å². The second-order valence-electron chi connectivity index (χ2n) is 5.23. The van der Waals surface area contributed by atoms with Crippen molar-refractivity contribution < 1.29 is 4.74 Å². The minimum Gasteiger partial charge on any atom is -0.377 e. The fraction of sp³-hybridized carbons (Fsp3) is 0.625. The standard InChI is InChI=1S/C16H25BrN2O/c1-3-18-11-13-7-8-16(15(17)10-13)19-9-5-6-14(12-19)20-4-2/h7-8,10,14,18H,3-6,9,11-12H2,1-2H3. The molecule has 1 aliphatic heterocycles. The Kier molecular flexibility index (Phi) is 6.33. The zero-order valence-corrected chi connectivity index (χ0v) is 14.1. The van der Waals surface area contributed by atoms with Gasteiger partial charge in [-0.25, -0.2) is 0 Å². The molecule has 0 spiro atoms. The first-order chi connectivity index (χ1) is 9.74. The monoisotopic (exact) mass is 340 g/mol. The molecule has 1 unspecified atom stereocenters. The largest absolute Gasteiger partial charge is 0.377 e. The summed E-state index contributed by atoms with van der Waals surface area (Å²) in [6.07, 6.45) is 2.76. The van der Waals surface area contributed by atoms with Crippen LogP contribution in [-0.2, 0) is 11.3 Å². The number of anilines is 1. The Hall–Kier alpha value is -0.580. The summed E-state index contributed by atoms with van der Waals surface area (Å²) in [5.41, 5.74) is 2.61.